The van der Waals surface area contributed by atoms with Crippen LogP contribution in [0.1, 0.15) is 32.3 Å². The van der Waals surface area contributed by atoms with E-state index < -0.39 is 0 Å². The molecule has 3 nitrogen and oxygen atoms in total. The molecular formula is C19H25NO2. The largest absolute Gasteiger partial charge is 0.396 e. The van der Waals surface area contributed by atoms with Gasteiger partial charge in [0.1, 0.15) is 0 Å². The van der Waals surface area contributed by atoms with Crippen molar-refractivity contribution in [1.82, 2.24) is 5.32 Å². The van der Waals surface area contributed by atoms with Crippen LogP contribution in [0, 0.1) is 5.41 Å². The summed E-state index contributed by atoms with van der Waals surface area (Å²) in [6, 6.07) is 14.3. The zero-order valence-corrected chi connectivity index (χ0v) is 13.4. The van der Waals surface area contributed by atoms with Crippen LogP contribution in [0.2, 0.25) is 0 Å². The Kier molecular flexibility index (Phi) is 5.56. The Bertz CT molecular complexity index is 634. The van der Waals surface area contributed by atoms with Gasteiger partial charge >= 0.3 is 0 Å². The highest BCUT2D eigenvalue weighted by atomic mass is 16.3. The summed E-state index contributed by atoms with van der Waals surface area (Å²) in [7, 11) is 0. The van der Waals surface area contributed by atoms with Crippen LogP contribution in [0.15, 0.2) is 42.5 Å². The smallest absolute Gasteiger partial charge is 0.224 e. The van der Waals surface area contributed by atoms with Crippen LogP contribution in [0.5, 0.6) is 0 Å². The summed E-state index contributed by atoms with van der Waals surface area (Å²) in [5, 5.41) is 14.5. The highest BCUT2D eigenvalue weighted by Crippen LogP contribution is 2.20. The number of aliphatic hydroxyl groups is 1. The lowest BCUT2D eigenvalue weighted by Gasteiger charge is -2.21. The minimum absolute atomic E-state index is 0.0529. The van der Waals surface area contributed by atoms with Gasteiger partial charge in [-0.2, -0.15) is 0 Å². The molecule has 118 valence electrons. The number of fused-ring (bicyclic) bond motifs is 1. The molecule has 0 unspecified atom stereocenters. The van der Waals surface area contributed by atoms with Crippen molar-refractivity contribution < 1.29 is 9.90 Å². The average Bonchev–Trinajstić information content (AvgIpc) is 2.51. The van der Waals surface area contributed by atoms with Crippen molar-refractivity contribution in [2.24, 2.45) is 5.41 Å². The highest BCUT2D eigenvalue weighted by molar-refractivity contribution is 5.85. The molecule has 0 spiro atoms. The maximum Gasteiger partial charge on any atom is 0.224 e. The van der Waals surface area contributed by atoms with Gasteiger partial charge < -0.3 is 10.4 Å². The summed E-state index contributed by atoms with van der Waals surface area (Å²) in [4.78, 5) is 12.0. The fourth-order valence-corrected chi connectivity index (χ4v) is 2.47. The van der Waals surface area contributed by atoms with Gasteiger partial charge in [0.15, 0.2) is 0 Å². The van der Waals surface area contributed by atoms with Gasteiger partial charge in [0.05, 0.1) is 6.42 Å². The molecule has 3 heteroatoms. The molecule has 0 aliphatic heterocycles. The van der Waals surface area contributed by atoms with E-state index in [1.165, 1.54) is 5.39 Å². The van der Waals surface area contributed by atoms with Crippen LogP contribution >= 0.6 is 0 Å². The Hall–Kier alpha value is -1.87. The molecule has 2 rings (SSSR count). The van der Waals surface area contributed by atoms with Gasteiger partial charge in [-0.1, -0.05) is 56.3 Å². The van der Waals surface area contributed by atoms with E-state index in [1.807, 2.05) is 32.0 Å². The lowest BCUT2D eigenvalue weighted by atomic mass is 9.89. The first kappa shape index (κ1) is 16.5. The van der Waals surface area contributed by atoms with E-state index in [0.29, 0.717) is 13.0 Å². The van der Waals surface area contributed by atoms with Gasteiger partial charge in [0.2, 0.25) is 5.91 Å². The van der Waals surface area contributed by atoms with Crippen LogP contribution in [0.3, 0.4) is 0 Å². The summed E-state index contributed by atoms with van der Waals surface area (Å²) in [5.74, 6) is 0.0529. The van der Waals surface area contributed by atoms with Crippen molar-refractivity contribution in [2.75, 3.05) is 13.2 Å². The van der Waals surface area contributed by atoms with Crippen molar-refractivity contribution in [2.45, 2.75) is 33.1 Å². The van der Waals surface area contributed by atoms with E-state index in [4.69, 9.17) is 0 Å². The van der Waals surface area contributed by atoms with Crippen LogP contribution < -0.4 is 5.32 Å². The number of aliphatic hydroxyl groups excluding tert-OH is 1. The summed E-state index contributed by atoms with van der Waals surface area (Å²) in [6.45, 7) is 4.90. The van der Waals surface area contributed by atoms with E-state index in [9.17, 15) is 9.90 Å². The topological polar surface area (TPSA) is 49.3 Å². The number of hydrogen-bond donors (Lipinski definition) is 2. The first-order valence-corrected chi connectivity index (χ1v) is 7.85. The molecule has 0 fully saturated rings. The predicted octanol–water partition coefficient (Wildman–Crippen LogP) is 3.30. The van der Waals surface area contributed by atoms with Crippen molar-refractivity contribution in [3.8, 4) is 0 Å². The van der Waals surface area contributed by atoms with Crippen molar-refractivity contribution in [1.29, 1.82) is 0 Å². The molecule has 2 aromatic carbocycles. The molecule has 1 amide bonds. The molecule has 0 radical (unpaired) electrons. The molecular weight excluding hydrogens is 274 g/mol. The molecule has 0 saturated carbocycles. The predicted molar refractivity (Wildman–Crippen MR) is 90.8 cm³/mol. The van der Waals surface area contributed by atoms with Gasteiger partial charge in [-0.25, -0.2) is 0 Å². The second kappa shape index (κ2) is 7.41. The van der Waals surface area contributed by atoms with E-state index in [1.54, 1.807) is 0 Å². The monoisotopic (exact) mass is 299 g/mol. The average molecular weight is 299 g/mol. The standard InChI is InChI=1S/C19H25NO2/c1-19(2,14-21)10-5-11-20-18(22)13-15-8-9-16-6-3-4-7-17(16)12-15/h3-4,6-9,12,21H,5,10-11,13-14H2,1-2H3,(H,20,22). The maximum atomic E-state index is 12.0. The van der Waals surface area contributed by atoms with Crippen molar-refractivity contribution in [3.63, 3.8) is 0 Å². The second-order valence-electron chi connectivity index (χ2n) is 6.63. The molecule has 0 atom stereocenters. The number of hydrogen-bond acceptors (Lipinski definition) is 2. The van der Waals surface area contributed by atoms with E-state index >= 15 is 0 Å². The fraction of sp³-hybridized carbons (Fsp3) is 0.421. The third-order valence-corrected chi connectivity index (χ3v) is 3.96. The number of carbonyl (C=O) groups is 1. The summed E-state index contributed by atoms with van der Waals surface area (Å²) in [6.07, 6.45) is 2.20. The third-order valence-electron chi connectivity index (χ3n) is 3.96. The Labute approximate surface area is 132 Å². The molecule has 0 saturated heterocycles. The van der Waals surface area contributed by atoms with E-state index in [0.717, 1.165) is 23.8 Å². The molecule has 22 heavy (non-hydrogen) atoms. The van der Waals surface area contributed by atoms with Crippen molar-refractivity contribution >= 4 is 16.7 Å². The van der Waals surface area contributed by atoms with Gasteiger partial charge in [0, 0.05) is 13.2 Å². The van der Waals surface area contributed by atoms with Gasteiger partial charge in [0.25, 0.3) is 0 Å². The first-order chi connectivity index (χ1) is 10.5. The van der Waals surface area contributed by atoms with Gasteiger partial charge in [-0.3, -0.25) is 4.79 Å². The van der Waals surface area contributed by atoms with Gasteiger partial charge in [-0.05, 0) is 34.6 Å². The molecule has 0 aliphatic carbocycles. The zero-order chi connectivity index (χ0) is 16.0. The number of nitrogens with one attached hydrogen (secondary N) is 1. The summed E-state index contributed by atoms with van der Waals surface area (Å²) >= 11 is 0. The minimum Gasteiger partial charge on any atom is -0.396 e. The number of carbonyl (C=O) groups excluding carboxylic acids is 1. The van der Waals surface area contributed by atoms with Crippen molar-refractivity contribution in [3.05, 3.63) is 48.0 Å². The van der Waals surface area contributed by atoms with Crippen LogP contribution in [0.25, 0.3) is 10.8 Å². The Morgan fingerprint density at radius 2 is 1.86 bits per heavy atom. The molecule has 2 aromatic rings. The number of amides is 1. The zero-order valence-electron chi connectivity index (χ0n) is 13.4. The molecule has 0 heterocycles. The summed E-state index contributed by atoms with van der Waals surface area (Å²) < 4.78 is 0. The van der Waals surface area contributed by atoms with Crippen LogP contribution in [-0.2, 0) is 11.2 Å². The van der Waals surface area contributed by atoms with E-state index in [-0.39, 0.29) is 17.9 Å². The van der Waals surface area contributed by atoms with Crippen LogP contribution in [0.4, 0.5) is 0 Å². The number of benzene rings is 2. The summed E-state index contributed by atoms with van der Waals surface area (Å²) in [5.41, 5.74) is 0.968. The SMILES string of the molecule is CC(C)(CO)CCCNC(=O)Cc1ccc2ccccc2c1. The second-order valence-corrected chi connectivity index (χ2v) is 6.63. The Morgan fingerprint density at radius 3 is 2.59 bits per heavy atom. The number of rotatable bonds is 7. The maximum absolute atomic E-state index is 12.0. The van der Waals surface area contributed by atoms with Crippen LogP contribution in [-0.4, -0.2) is 24.2 Å². The lowest BCUT2D eigenvalue weighted by molar-refractivity contribution is -0.120. The third kappa shape index (κ3) is 4.85. The van der Waals surface area contributed by atoms with Gasteiger partial charge in [-0.15, -0.1) is 0 Å². The molecule has 0 aliphatic rings. The molecule has 2 N–H and O–H groups in total. The highest BCUT2D eigenvalue weighted by Gasteiger charge is 2.15. The first-order valence-electron chi connectivity index (χ1n) is 7.85. The Balaban J connectivity index is 1.81. The normalized spacial score (nSPS) is 11.6. The Morgan fingerprint density at radius 1 is 1.14 bits per heavy atom. The fourth-order valence-electron chi connectivity index (χ4n) is 2.47. The molecule has 0 aromatic heterocycles. The quantitative estimate of drug-likeness (QED) is 0.771. The lowest BCUT2D eigenvalue weighted by Crippen LogP contribution is -2.27. The molecule has 0 bridgehead atoms. The minimum atomic E-state index is -0.0664. The van der Waals surface area contributed by atoms with E-state index in [2.05, 4.69) is 29.6 Å².